The Balaban J connectivity index is 0.000000454. The van der Waals surface area contributed by atoms with Gasteiger partial charge in [0, 0.05) is 35.4 Å². The first-order valence-electron chi connectivity index (χ1n) is 11.3. The molecular formula is C23H26F5N5O3. The van der Waals surface area contributed by atoms with Gasteiger partial charge in [-0.2, -0.15) is 18.2 Å². The van der Waals surface area contributed by atoms with Crippen LogP contribution in [0.5, 0.6) is 0 Å². The number of carboxylic acid groups (broad SMARTS) is 1. The number of benzene rings is 1. The Morgan fingerprint density at radius 1 is 0.944 bits per heavy atom. The van der Waals surface area contributed by atoms with Gasteiger partial charge in [-0.3, -0.25) is 4.79 Å². The SMILES string of the molecule is Cc1cnc(NC2CCC(NC(=O)c3ccc(F)c(F)c3)CC2)nc1NC1CC1.O=C(O)C(F)(F)F. The molecule has 4 rings (SSSR count). The van der Waals surface area contributed by atoms with Crippen molar-refractivity contribution < 1.29 is 36.6 Å². The van der Waals surface area contributed by atoms with Gasteiger partial charge in [0.15, 0.2) is 11.6 Å². The van der Waals surface area contributed by atoms with Crippen molar-refractivity contribution in [2.24, 2.45) is 0 Å². The molecule has 196 valence electrons. The maximum Gasteiger partial charge on any atom is 0.490 e. The van der Waals surface area contributed by atoms with E-state index in [2.05, 4.69) is 25.9 Å². The lowest BCUT2D eigenvalue weighted by Gasteiger charge is -2.29. The molecule has 2 fully saturated rings. The lowest BCUT2D eigenvalue weighted by molar-refractivity contribution is -0.192. The van der Waals surface area contributed by atoms with E-state index in [4.69, 9.17) is 9.90 Å². The Morgan fingerprint density at radius 2 is 1.50 bits per heavy atom. The smallest absolute Gasteiger partial charge is 0.475 e. The number of aryl methyl sites for hydroxylation is 1. The van der Waals surface area contributed by atoms with Crippen LogP contribution in [0.1, 0.15) is 54.4 Å². The molecule has 0 bridgehead atoms. The van der Waals surface area contributed by atoms with Crippen LogP contribution in [0.15, 0.2) is 24.4 Å². The van der Waals surface area contributed by atoms with E-state index in [0.29, 0.717) is 12.0 Å². The van der Waals surface area contributed by atoms with E-state index in [1.54, 1.807) is 0 Å². The molecule has 2 aliphatic carbocycles. The summed E-state index contributed by atoms with van der Waals surface area (Å²) in [7, 11) is 0. The zero-order valence-corrected chi connectivity index (χ0v) is 19.3. The Bertz CT molecular complexity index is 1090. The second kappa shape index (κ2) is 11.5. The molecule has 2 saturated carbocycles. The highest BCUT2D eigenvalue weighted by Gasteiger charge is 2.38. The van der Waals surface area contributed by atoms with Crippen LogP contribution >= 0.6 is 0 Å². The highest BCUT2D eigenvalue weighted by molar-refractivity contribution is 5.94. The van der Waals surface area contributed by atoms with Crippen molar-refractivity contribution in [2.45, 2.75) is 69.8 Å². The summed E-state index contributed by atoms with van der Waals surface area (Å²) in [5, 5.41) is 16.9. The number of halogens is 5. The van der Waals surface area contributed by atoms with E-state index in [1.165, 1.54) is 18.9 Å². The maximum absolute atomic E-state index is 13.3. The second-order valence-electron chi connectivity index (χ2n) is 8.74. The molecule has 1 amide bonds. The van der Waals surface area contributed by atoms with Crippen LogP contribution in [0.25, 0.3) is 0 Å². The van der Waals surface area contributed by atoms with Gasteiger partial charge in [-0.15, -0.1) is 0 Å². The van der Waals surface area contributed by atoms with Crippen molar-refractivity contribution in [3.8, 4) is 0 Å². The first kappa shape index (κ1) is 27.1. The third-order valence-electron chi connectivity index (χ3n) is 5.71. The Kier molecular flexibility index (Phi) is 8.64. The number of amides is 1. The largest absolute Gasteiger partial charge is 0.490 e. The monoisotopic (exact) mass is 515 g/mol. The third kappa shape index (κ3) is 8.02. The number of anilines is 2. The van der Waals surface area contributed by atoms with Crippen molar-refractivity contribution in [3.05, 3.63) is 47.2 Å². The van der Waals surface area contributed by atoms with Gasteiger partial charge in [-0.05, 0) is 63.6 Å². The summed E-state index contributed by atoms with van der Waals surface area (Å²) in [5.41, 5.74) is 1.17. The standard InChI is InChI=1S/C21H25F2N5O.C2HF3O2/c1-12-11-24-21(28-19(12)25-14-3-4-14)27-16-7-5-15(6-8-16)26-20(29)13-2-9-17(22)18(23)10-13;3-2(4,5)1(6)7/h2,9-11,14-16H,3-8H2,1H3,(H,26,29)(H2,24,25,27,28);(H,6,7). The molecule has 1 aromatic carbocycles. The van der Waals surface area contributed by atoms with Gasteiger partial charge in [0.1, 0.15) is 5.82 Å². The van der Waals surface area contributed by atoms with Gasteiger partial charge in [0.25, 0.3) is 5.91 Å². The molecule has 36 heavy (non-hydrogen) atoms. The number of hydrogen-bond acceptors (Lipinski definition) is 6. The summed E-state index contributed by atoms with van der Waals surface area (Å²) in [4.78, 5) is 30.1. The van der Waals surface area contributed by atoms with Crippen LogP contribution in [-0.2, 0) is 4.79 Å². The molecule has 13 heteroatoms. The zero-order valence-electron chi connectivity index (χ0n) is 19.3. The van der Waals surface area contributed by atoms with Gasteiger partial charge in [-0.25, -0.2) is 18.6 Å². The van der Waals surface area contributed by atoms with E-state index in [-0.39, 0.29) is 23.6 Å². The summed E-state index contributed by atoms with van der Waals surface area (Å²) in [5.74, 6) is -3.60. The minimum atomic E-state index is -5.08. The van der Waals surface area contributed by atoms with Crippen LogP contribution in [0, 0.1) is 18.6 Å². The summed E-state index contributed by atoms with van der Waals surface area (Å²) < 4.78 is 58.1. The molecule has 0 saturated heterocycles. The molecule has 1 heterocycles. The number of nitrogens with one attached hydrogen (secondary N) is 3. The van der Waals surface area contributed by atoms with E-state index in [1.807, 2.05) is 13.1 Å². The Labute approximate surface area is 203 Å². The summed E-state index contributed by atoms with van der Waals surface area (Å²) in [6.45, 7) is 2.00. The number of carbonyl (C=O) groups is 2. The molecule has 2 aliphatic rings. The van der Waals surface area contributed by atoms with Crippen molar-refractivity contribution in [2.75, 3.05) is 10.6 Å². The van der Waals surface area contributed by atoms with Gasteiger partial charge in [-0.1, -0.05) is 0 Å². The molecule has 0 atom stereocenters. The average Bonchev–Trinajstić information content (AvgIpc) is 3.63. The van der Waals surface area contributed by atoms with E-state index >= 15 is 0 Å². The highest BCUT2D eigenvalue weighted by Crippen LogP contribution is 2.27. The molecule has 0 unspecified atom stereocenters. The Morgan fingerprint density at radius 3 is 2.06 bits per heavy atom. The summed E-state index contributed by atoms with van der Waals surface area (Å²) in [6, 6.07) is 3.98. The predicted molar refractivity (Wildman–Crippen MR) is 121 cm³/mol. The van der Waals surface area contributed by atoms with Crippen molar-refractivity contribution in [1.82, 2.24) is 15.3 Å². The normalized spacial score (nSPS) is 19.5. The molecule has 0 spiro atoms. The minimum absolute atomic E-state index is 0.0136. The number of nitrogens with zero attached hydrogens (tertiary/aromatic N) is 2. The van der Waals surface area contributed by atoms with Crippen LogP contribution in [0.2, 0.25) is 0 Å². The topological polar surface area (TPSA) is 116 Å². The Hall–Kier alpha value is -3.51. The fourth-order valence-corrected chi connectivity index (χ4v) is 3.55. The molecule has 0 radical (unpaired) electrons. The number of aliphatic carboxylic acids is 1. The van der Waals surface area contributed by atoms with Gasteiger partial charge in [0.05, 0.1) is 0 Å². The number of alkyl halides is 3. The third-order valence-corrected chi connectivity index (χ3v) is 5.71. The minimum Gasteiger partial charge on any atom is -0.475 e. The van der Waals surface area contributed by atoms with Crippen LogP contribution in [0.3, 0.4) is 0 Å². The van der Waals surface area contributed by atoms with Crippen molar-refractivity contribution in [1.29, 1.82) is 0 Å². The van der Waals surface area contributed by atoms with Crippen molar-refractivity contribution >= 4 is 23.6 Å². The quantitative estimate of drug-likeness (QED) is 0.421. The fourth-order valence-electron chi connectivity index (χ4n) is 3.55. The first-order chi connectivity index (χ1) is 16.9. The lowest BCUT2D eigenvalue weighted by Crippen LogP contribution is -2.40. The molecule has 8 nitrogen and oxygen atoms in total. The van der Waals surface area contributed by atoms with Crippen LogP contribution in [0.4, 0.5) is 33.7 Å². The van der Waals surface area contributed by atoms with Gasteiger partial charge < -0.3 is 21.1 Å². The van der Waals surface area contributed by atoms with Crippen molar-refractivity contribution in [3.63, 3.8) is 0 Å². The molecule has 2 aromatic rings. The molecule has 1 aromatic heterocycles. The first-order valence-corrected chi connectivity index (χ1v) is 11.3. The molecular weight excluding hydrogens is 489 g/mol. The predicted octanol–water partition coefficient (Wildman–Crippen LogP) is 4.42. The van der Waals surface area contributed by atoms with E-state index in [0.717, 1.165) is 49.2 Å². The van der Waals surface area contributed by atoms with Crippen LogP contribution < -0.4 is 16.0 Å². The lowest BCUT2D eigenvalue weighted by atomic mass is 9.91. The summed E-state index contributed by atoms with van der Waals surface area (Å²) >= 11 is 0. The van der Waals surface area contributed by atoms with E-state index in [9.17, 15) is 26.7 Å². The number of rotatable bonds is 6. The second-order valence-corrected chi connectivity index (χ2v) is 8.74. The number of carbonyl (C=O) groups excluding carboxylic acids is 1. The van der Waals surface area contributed by atoms with Gasteiger partial charge in [0.2, 0.25) is 5.95 Å². The number of carboxylic acids is 1. The fraction of sp³-hybridized carbons (Fsp3) is 0.478. The van der Waals surface area contributed by atoms with E-state index < -0.39 is 23.8 Å². The molecule has 0 aliphatic heterocycles. The zero-order chi connectivity index (χ0) is 26.5. The number of aromatic nitrogens is 2. The average molecular weight is 515 g/mol. The summed E-state index contributed by atoms with van der Waals surface area (Å²) in [6.07, 6.45) is 2.45. The number of hydrogen-bond donors (Lipinski definition) is 4. The highest BCUT2D eigenvalue weighted by atomic mass is 19.4. The van der Waals surface area contributed by atoms with Crippen LogP contribution in [-0.4, -0.2) is 51.3 Å². The maximum atomic E-state index is 13.3. The van der Waals surface area contributed by atoms with Gasteiger partial charge >= 0.3 is 12.1 Å². The molecule has 4 N–H and O–H groups in total.